The van der Waals surface area contributed by atoms with E-state index in [1.165, 1.54) is 0 Å². The van der Waals surface area contributed by atoms with E-state index in [2.05, 4.69) is 0 Å². The van der Waals surface area contributed by atoms with Gasteiger partial charge in [-0.15, -0.1) is 0 Å². The van der Waals surface area contributed by atoms with Gasteiger partial charge >= 0.3 is 11.9 Å². The lowest BCUT2D eigenvalue weighted by atomic mass is 9.47. The standard InChI is InChI=1S/C28H37FO7/c1-6-21(33)35-14-20(32)28(36-22(34)7-2)15(3)12-17-16-8-10-26-11-9-18(30)23(26)25(26,5)27(16,29)19(31)13-24(17,28)4/h9,11,15-17,19,23,31H,6-8,10,12-14H2,1-5H3/t15-,16-,17-,19-,23+,24-,25+,26+,27-,28-/m0/s1. The largest absolute Gasteiger partial charge is 0.457 e. The van der Waals surface area contributed by atoms with Crippen molar-refractivity contribution in [1.82, 2.24) is 0 Å². The van der Waals surface area contributed by atoms with Crippen LogP contribution in [-0.2, 0) is 28.7 Å². The summed E-state index contributed by atoms with van der Waals surface area (Å²) in [6.07, 6.45) is 3.58. The Kier molecular flexibility index (Phi) is 5.48. The van der Waals surface area contributed by atoms with Gasteiger partial charge in [-0.2, -0.15) is 0 Å². The number of aliphatic hydroxyl groups excluding tert-OH is 1. The molecule has 0 radical (unpaired) electrons. The average Bonchev–Trinajstić information content (AvgIpc) is 3.12. The summed E-state index contributed by atoms with van der Waals surface area (Å²) >= 11 is 0. The molecule has 1 N–H and O–H groups in total. The van der Waals surface area contributed by atoms with Crippen molar-refractivity contribution in [2.45, 2.75) is 90.5 Å². The maximum atomic E-state index is 17.4. The third-order valence-corrected chi connectivity index (χ3v) is 11.2. The van der Waals surface area contributed by atoms with Gasteiger partial charge in [0.05, 0.1) is 6.10 Å². The molecule has 198 valence electrons. The number of fused-ring (bicyclic) bond motifs is 5. The van der Waals surface area contributed by atoms with Crippen LogP contribution in [0, 0.1) is 39.9 Å². The molecule has 4 fully saturated rings. The molecule has 0 aliphatic heterocycles. The van der Waals surface area contributed by atoms with Gasteiger partial charge in [-0.05, 0) is 43.6 Å². The Bertz CT molecular complexity index is 1070. The molecule has 10 atom stereocenters. The monoisotopic (exact) mass is 504 g/mol. The van der Waals surface area contributed by atoms with Gasteiger partial charge in [0.1, 0.15) is 5.67 Å². The van der Waals surface area contributed by atoms with Crippen LogP contribution in [0.1, 0.15) is 73.1 Å². The van der Waals surface area contributed by atoms with Gasteiger partial charge < -0.3 is 14.6 Å². The van der Waals surface area contributed by atoms with Crippen LogP contribution in [0.2, 0.25) is 0 Å². The SMILES string of the molecule is CCC(=O)OCC(=O)[C@@]1(OC(=O)CC)[C@@H](C)C[C@H]2[C@@H]3CC[C@@]45C=CC(=O)[C@@H]4[C@@]5(C)[C@@]3(F)[C@@H](O)C[C@@]21C. The minimum absolute atomic E-state index is 0.0486. The van der Waals surface area contributed by atoms with Gasteiger partial charge in [-0.25, -0.2) is 4.39 Å². The van der Waals surface area contributed by atoms with Gasteiger partial charge in [0.2, 0.25) is 5.78 Å². The predicted molar refractivity (Wildman–Crippen MR) is 126 cm³/mol. The highest BCUT2D eigenvalue weighted by molar-refractivity contribution is 6.00. The van der Waals surface area contributed by atoms with Crippen molar-refractivity contribution in [2.24, 2.45) is 39.9 Å². The van der Waals surface area contributed by atoms with Gasteiger partial charge in [0, 0.05) is 40.9 Å². The third kappa shape index (κ3) is 2.62. The number of carbonyl (C=O) groups is 4. The Labute approximate surface area is 211 Å². The molecular formula is C28H37FO7. The van der Waals surface area contributed by atoms with E-state index in [0.29, 0.717) is 19.3 Å². The molecular weight excluding hydrogens is 467 g/mol. The number of ether oxygens (including phenoxy) is 2. The van der Waals surface area contributed by atoms with Crippen LogP contribution in [0.3, 0.4) is 0 Å². The fraction of sp³-hybridized carbons (Fsp3) is 0.786. The molecule has 5 aliphatic rings. The summed E-state index contributed by atoms with van der Waals surface area (Å²) in [6.45, 7) is 8.16. The summed E-state index contributed by atoms with van der Waals surface area (Å²) in [7, 11) is 0. The molecule has 0 aromatic rings. The molecule has 7 nitrogen and oxygen atoms in total. The molecule has 0 saturated heterocycles. The maximum Gasteiger partial charge on any atom is 0.306 e. The van der Waals surface area contributed by atoms with Gasteiger partial charge in [-0.3, -0.25) is 19.2 Å². The highest BCUT2D eigenvalue weighted by atomic mass is 19.1. The van der Waals surface area contributed by atoms with Crippen LogP contribution >= 0.6 is 0 Å². The second-order valence-electron chi connectivity index (χ2n) is 12.2. The highest BCUT2D eigenvalue weighted by Gasteiger charge is 2.90. The number of hydrogen-bond donors (Lipinski definition) is 1. The van der Waals surface area contributed by atoms with E-state index in [9.17, 15) is 24.3 Å². The molecule has 0 amide bonds. The molecule has 1 spiro atoms. The van der Waals surface area contributed by atoms with Crippen LogP contribution in [0.15, 0.2) is 12.2 Å². The first-order valence-corrected chi connectivity index (χ1v) is 13.3. The van der Waals surface area contributed by atoms with Gasteiger partial charge in [0.25, 0.3) is 0 Å². The molecule has 4 saturated carbocycles. The molecule has 36 heavy (non-hydrogen) atoms. The van der Waals surface area contributed by atoms with Crippen LogP contribution in [0.4, 0.5) is 4.39 Å². The summed E-state index contributed by atoms with van der Waals surface area (Å²) < 4.78 is 28.6. The fourth-order valence-electron chi connectivity index (χ4n) is 9.58. The summed E-state index contributed by atoms with van der Waals surface area (Å²) in [6, 6.07) is 0. The van der Waals surface area contributed by atoms with E-state index in [-0.39, 0.29) is 31.0 Å². The van der Waals surface area contributed by atoms with Crippen molar-refractivity contribution in [3.63, 3.8) is 0 Å². The molecule has 0 aromatic heterocycles. The lowest BCUT2D eigenvalue weighted by Gasteiger charge is -2.60. The number of Topliss-reactive ketones (excluding diaryl/α,β-unsaturated/α-hetero) is 1. The summed E-state index contributed by atoms with van der Waals surface area (Å²) in [5.41, 5.74) is -6.25. The highest BCUT2D eigenvalue weighted by Crippen LogP contribution is 2.86. The van der Waals surface area contributed by atoms with E-state index in [1.54, 1.807) is 26.8 Å². The van der Waals surface area contributed by atoms with Crippen molar-refractivity contribution < 1.29 is 38.1 Å². The summed E-state index contributed by atoms with van der Waals surface area (Å²) in [4.78, 5) is 51.0. The smallest absolute Gasteiger partial charge is 0.306 e. The van der Waals surface area contributed by atoms with Crippen LogP contribution < -0.4 is 0 Å². The zero-order valence-electron chi connectivity index (χ0n) is 21.8. The second-order valence-corrected chi connectivity index (χ2v) is 12.2. The van der Waals surface area contributed by atoms with Crippen molar-refractivity contribution in [3.05, 3.63) is 12.2 Å². The molecule has 0 aromatic carbocycles. The average molecular weight is 505 g/mol. The van der Waals surface area contributed by atoms with Crippen LogP contribution in [0.25, 0.3) is 0 Å². The van der Waals surface area contributed by atoms with E-state index >= 15 is 4.39 Å². The second kappa shape index (κ2) is 7.71. The minimum atomic E-state index is -2.00. The van der Waals surface area contributed by atoms with Gasteiger partial charge in [0.15, 0.2) is 18.0 Å². The van der Waals surface area contributed by atoms with Crippen molar-refractivity contribution in [3.8, 4) is 0 Å². The Morgan fingerprint density at radius 1 is 1.14 bits per heavy atom. The van der Waals surface area contributed by atoms with Crippen LogP contribution in [-0.4, -0.2) is 52.6 Å². The number of alkyl halides is 1. The maximum absolute atomic E-state index is 17.4. The normalized spacial score (nSPS) is 50.0. The van der Waals surface area contributed by atoms with E-state index in [0.717, 1.165) is 0 Å². The number of carbonyl (C=O) groups excluding carboxylic acids is 4. The zero-order chi connectivity index (χ0) is 26.5. The number of hydrogen-bond acceptors (Lipinski definition) is 7. The molecule has 5 aliphatic carbocycles. The Hall–Kier alpha value is -2.09. The first-order valence-electron chi connectivity index (χ1n) is 13.3. The van der Waals surface area contributed by atoms with Crippen LogP contribution in [0.5, 0.6) is 0 Å². The van der Waals surface area contributed by atoms with E-state index in [1.807, 2.05) is 19.9 Å². The predicted octanol–water partition coefficient (Wildman–Crippen LogP) is 3.51. The summed E-state index contributed by atoms with van der Waals surface area (Å²) in [5.74, 6) is -3.58. The lowest BCUT2D eigenvalue weighted by molar-refractivity contribution is -0.232. The quantitative estimate of drug-likeness (QED) is 0.552. The number of esters is 2. The Morgan fingerprint density at radius 2 is 1.81 bits per heavy atom. The number of ketones is 2. The van der Waals surface area contributed by atoms with Crippen molar-refractivity contribution >= 4 is 23.5 Å². The number of rotatable bonds is 6. The topological polar surface area (TPSA) is 107 Å². The number of allylic oxidation sites excluding steroid dienone is 2. The summed E-state index contributed by atoms with van der Waals surface area (Å²) in [5, 5.41) is 11.6. The van der Waals surface area contributed by atoms with Crippen molar-refractivity contribution in [2.75, 3.05) is 6.61 Å². The van der Waals surface area contributed by atoms with Crippen molar-refractivity contribution in [1.29, 1.82) is 0 Å². The number of aliphatic hydroxyl groups is 1. The van der Waals surface area contributed by atoms with E-state index in [4.69, 9.17) is 9.47 Å². The molecule has 8 heteroatoms. The zero-order valence-corrected chi connectivity index (χ0v) is 21.8. The molecule has 0 bridgehead atoms. The first kappa shape index (κ1) is 25.6. The fourth-order valence-corrected chi connectivity index (χ4v) is 9.58. The minimum Gasteiger partial charge on any atom is -0.457 e. The van der Waals surface area contributed by atoms with E-state index < -0.39 is 75.7 Å². The first-order chi connectivity index (χ1) is 16.8. The third-order valence-electron chi connectivity index (χ3n) is 11.2. The Balaban J connectivity index is 1.57. The molecule has 0 unspecified atom stereocenters. The molecule has 0 heterocycles. The number of halogens is 1. The van der Waals surface area contributed by atoms with Gasteiger partial charge in [-0.1, -0.05) is 40.7 Å². The lowest BCUT2D eigenvalue weighted by Crippen LogP contribution is -2.68. The Morgan fingerprint density at radius 3 is 2.44 bits per heavy atom. The molecule has 5 rings (SSSR count).